The van der Waals surface area contributed by atoms with Crippen LogP contribution in [0.3, 0.4) is 0 Å². The molecule has 1 amide bonds. The third-order valence-corrected chi connectivity index (χ3v) is 6.58. The van der Waals surface area contributed by atoms with Crippen molar-refractivity contribution in [2.75, 3.05) is 13.1 Å². The van der Waals surface area contributed by atoms with E-state index in [1.165, 1.54) is 6.07 Å². The van der Waals surface area contributed by atoms with Crippen molar-refractivity contribution in [3.8, 4) is 0 Å². The predicted molar refractivity (Wildman–Crippen MR) is 104 cm³/mol. The summed E-state index contributed by atoms with van der Waals surface area (Å²) in [6, 6.07) is 10.8. The highest BCUT2D eigenvalue weighted by Gasteiger charge is 2.26. The quantitative estimate of drug-likeness (QED) is 0.782. The summed E-state index contributed by atoms with van der Waals surface area (Å²) in [6.45, 7) is 7.60. The smallest absolute Gasteiger partial charge is 0.251 e. The van der Waals surface area contributed by atoms with Crippen molar-refractivity contribution in [3.05, 3.63) is 65.0 Å². The Labute approximate surface area is 160 Å². The maximum absolute atomic E-state index is 14.2. The molecule has 7 heteroatoms. The van der Waals surface area contributed by atoms with E-state index in [-0.39, 0.29) is 24.7 Å². The summed E-state index contributed by atoms with van der Waals surface area (Å²) in [7, 11) is -4.00. The van der Waals surface area contributed by atoms with E-state index in [0.717, 1.165) is 27.6 Å². The zero-order valence-electron chi connectivity index (χ0n) is 16.0. The van der Waals surface area contributed by atoms with E-state index in [2.05, 4.69) is 5.32 Å². The van der Waals surface area contributed by atoms with Crippen molar-refractivity contribution in [1.29, 1.82) is 0 Å². The average Bonchev–Trinajstić information content (AvgIpc) is 2.62. The van der Waals surface area contributed by atoms with Crippen LogP contribution < -0.4 is 5.32 Å². The summed E-state index contributed by atoms with van der Waals surface area (Å²) < 4.78 is 40.6. The largest absolute Gasteiger partial charge is 0.346 e. The Morgan fingerprint density at radius 2 is 1.78 bits per heavy atom. The van der Waals surface area contributed by atoms with Crippen LogP contribution in [0.4, 0.5) is 4.39 Å². The number of rotatable bonds is 7. The van der Waals surface area contributed by atoms with E-state index < -0.39 is 26.6 Å². The molecule has 2 rings (SSSR count). The van der Waals surface area contributed by atoms with Gasteiger partial charge in [0.15, 0.2) is 0 Å². The van der Waals surface area contributed by atoms with Crippen LogP contribution in [0.25, 0.3) is 0 Å². The van der Waals surface area contributed by atoms with Crippen molar-refractivity contribution in [3.63, 3.8) is 0 Å². The predicted octanol–water partition coefficient (Wildman–Crippen LogP) is 3.66. The molecule has 2 aromatic rings. The summed E-state index contributed by atoms with van der Waals surface area (Å²) in [5, 5.41) is 2.84. The highest BCUT2D eigenvalue weighted by molar-refractivity contribution is 7.89. The molecule has 27 heavy (non-hydrogen) atoms. The molecule has 0 saturated heterocycles. The molecule has 1 unspecified atom stereocenters. The summed E-state index contributed by atoms with van der Waals surface area (Å²) in [4.78, 5) is 12.1. The lowest BCUT2D eigenvalue weighted by Crippen LogP contribution is -2.32. The molecule has 146 valence electrons. The van der Waals surface area contributed by atoms with E-state index in [1.807, 2.05) is 38.1 Å². The first-order chi connectivity index (χ1) is 12.7. The van der Waals surface area contributed by atoms with Gasteiger partial charge in [0, 0.05) is 18.7 Å². The molecular formula is C20H25FN2O3S. The van der Waals surface area contributed by atoms with E-state index in [9.17, 15) is 17.6 Å². The second-order valence-corrected chi connectivity index (χ2v) is 8.19. The summed E-state index contributed by atoms with van der Waals surface area (Å²) in [6.07, 6.45) is 0. The van der Waals surface area contributed by atoms with Gasteiger partial charge in [-0.2, -0.15) is 4.31 Å². The van der Waals surface area contributed by atoms with Gasteiger partial charge in [0.05, 0.1) is 6.04 Å². The van der Waals surface area contributed by atoms with Gasteiger partial charge < -0.3 is 5.32 Å². The highest BCUT2D eigenvalue weighted by atomic mass is 32.2. The number of aryl methyl sites for hydroxylation is 1. The molecule has 0 aliphatic heterocycles. The van der Waals surface area contributed by atoms with Crippen LogP contribution in [0.2, 0.25) is 0 Å². The number of carbonyl (C=O) groups excluding carboxylic acids is 1. The number of hydrogen-bond donors (Lipinski definition) is 1. The third kappa shape index (κ3) is 4.54. The Hall–Kier alpha value is -2.25. The van der Waals surface area contributed by atoms with Gasteiger partial charge in [-0.15, -0.1) is 0 Å². The molecule has 0 fully saturated rings. The van der Waals surface area contributed by atoms with Gasteiger partial charge in [-0.05, 0) is 43.2 Å². The zero-order chi connectivity index (χ0) is 20.2. The minimum Gasteiger partial charge on any atom is -0.346 e. The number of amides is 1. The van der Waals surface area contributed by atoms with Crippen LogP contribution in [0.1, 0.15) is 48.3 Å². The molecule has 0 aliphatic carbocycles. The molecule has 0 aromatic heterocycles. The molecule has 0 heterocycles. The van der Waals surface area contributed by atoms with Crippen molar-refractivity contribution < 1.29 is 17.6 Å². The normalized spacial score (nSPS) is 12.8. The monoisotopic (exact) mass is 392 g/mol. The minimum atomic E-state index is -4.00. The first kappa shape index (κ1) is 21.1. The topological polar surface area (TPSA) is 66.5 Å². The number of nitrogens with zero attached hydrogens (tertiary/aromatic N) is 1. The fourth-order valence-electron chi connectivity index (χ4n) is 2.98. The standard InChI is InChI=1S/C20H25FN2O3S/c1-5-23(6-2)27(25,26)19-13-16(11-12-18(19)21)20(24)22-15(4)17-10-8-7-9-14(17)3/h7-13,15H,5-6H2,1-4H3,(H,22,24). The Bertz CT molecular complexity index is 925. The lowest BCUT2D eigenvalue weighted by Gasteiger charge is -2.20. The van der Waals surface area contributed by atoms with Gasteiger partial charge >= 0.3 is 0 Å². The molecule has 5 nitrogen and oxygen atoms in total. The Balaban J connectivity index is 2.32. The van der Waals surface area contributed by atoms with Crippen LogP contribution in [0.5, 0.6) is 0 Å². The second-order valence-electron chi connectivity index (χ2n) is 6.29. The van der Waals surface area contributed by atoms with E-state index in [1.54, 1.807) is 13.8 Å². The molecular weight excluding hydrogens is 367 g/mol. The number of sulfonamides is 1. The Morgan fingerprint density at radius 3 is 2.37 bits per heavy atom. The van der Waals surface area contributed by atoms with Gasteiger partial charge in [0.2, 0.25) is 10.0 Å². The number of nitrogens with one attached hydrogen (secondary N) is 1. The van der Waals surface area contributed by atoms with E-state index >= 15 is 0 Å². The second kappa shape index (κ2) is 8.63. The van der Waals surface area contributed by atoms with Gasteiger partial charge in [0.1, 0.15) is 10.7 Å². The van der Waals surface area contributed by atoms with Gasteiger partial charge in [-0.25, -0.2) is 12.8 Å². The maximum Gasteiger partial charge on any atom is 0.251 e. The first-order valence-electron chi connectivity index (χ1n) is 8.88. The zero-order valence-corrected chi connectivity index (χ0v) is 16.8. The van der Waals surface area contributed by atoms with E-state index in [0.29, 0.717) is 0 Å². The highest BCUT2D eigenvalue weighted by Crippen LogP contribution is 2.22. The Morgan fingerprint density at radius 1 is 1.15 bits per heavy atom. The van der Waals surface area contributed by atoms with E-state index in [4.69, 9.17) is 0 Å². The summed E-state index contributed by atoms with van der Waals surface area (Å²) in [5.41, 5.74) is 2.10. The summed E-state index contributed by atoms with van der Waals surface area (Å²) >= 11 is 0. The number of benzene rings is 2. The maximum atomic E-state index is 14.2. The fraction of sp³-hybridized carbons (Fsp3) is 0.350. The van der Waals surface area contributed by atoms with Crippen molar-refractivity contribution in [1.82, 2.24) is 9.62 Å². The lowest BCUT2D eigenvalue weighted by molar-refractivity contribution is 0.0939. The van der Waals surface area contributed by atoms with Crippen molar-refractivity contribution in [2.45, 2.75) is 38.6 Å². The molecule has 0 saturated carbocycles. The van der Waals surface area contributed by atoms with Gasteiger partial charge in [-0.1, -0.05) is 38.1 Å². The van der Waals surface area contributed by atoms with Gasteiger partial charge in [-0.3, -0.25) is 4.79 Å². The molecule has 2 aromatic carbocycles. The number of carbonyl (C=O) groups is 1. The first-order valence-corrected chi connectivity index (χ1v) is 10.3. The van der Waals surface area contributed by atoms with Crippen molar-refractivity contribution >= 4 is 15.9 Å². The van der Waals surface area contributed by atoms with Crippen LogP contribution in [-0.4, -0.2) is 31.7 Å². The molecule has 0 bridgehead atoms. The lowest BCUT2D eigenvalue weighted by atomic mass is 10.0. The van der Waals surface area contributed by atoms with Crippen molar-refractivity contribution in [2.24, 2.45) is 0 Å². The SMILES string of the molecule is CCN(CC)S(=O)(=O)c1cc(C(=O)NC(C)c2ccccc2C)ccc1F. The van der Waals surface area contributed by atoms with Crippen LogP contribution in [0, 0.1) is 12.7 Å². The summed E-state index contributed by atoms with van der Waals surface area (Å²) in [5.74, 6) is -1.33. The Kier molecular flexibility index (Phi) is 6.73. The number of hydrogen-bond acceptors (Lipinski definition) is 3. The average molecular weight is 392 g/mol. The van der Waals surface area contributed by atoms with Crippen LogP contribution >= 0.6 is 0 Å². The fourth-order valence-corrected chi connectivity index (χ4v) is 4.52. The van der Waals surface area contributed by atoms with Crippen LogP contribution in [0.15, 0.2) is 47.4 Å². The molecule has 1 N–H and O–H groups in total. The molecule has 0 spiro atoms. The minimum absolute atomic E-state index is 0.0996. The number of halogens is 1. The van der Waals surface area contributed by atoms with Gasteiger partial charge in [0.25, 0.3) is 5.91 Å². The molecule has 1 atom stereocenters. The molecule has 0 radical (unpaired) electrons. The molecule has 0 aliphatic rings. The third-order valence-electron chi connectivity index (χ3n) is 4.52. The van der Waals surface area contributed by atoms with Crippen LogP contribution in [-0.2, 0) is 10.0 Å².